The standard InChI is InChI=1S/C21H22F2N4O3/c1-3-5-17(28)25-15-7-4-6-14(12-15)21(18(29)27(2)20(24)26-21)13-8-10-16(11-9-13)30-19(22)23/h4,6-12,19H,3,5H2,1-2H3,(H2,24,26)(H,25,28). The molecule has 1 atom stereocenters. The van der Waals surface area contributed by atoms with E-state index in [9.17, 15) is 18.4 Å². The molecular formula is C21H22F2N4O3. The quantitative estimate of drug-likeness (QED) is 0.725. The second-order valence-corrected chi connectivity index (χ2v) is 6.83. The van der Waals surface area contributed by atoms with Crippen LogP contribution in [0.1, 0.15) is 30.9 Å². The highest BCUT2D eigenvalue weighted by molar-refractivity contribution is 6.09. The monoisotopic (exact) mass is 416 g/mol. The molecule has 0 saturated carbocycles. The smallest absolute Gasteiger partial charge is 0.387 e. The summed E-state index contributed by atoms with van der Waals surface area (Å²) >= 11 is 0. The third-order valence-corrected chi connectivity index (χ3v) is 4.78. The van der Waals surface area contributed by atoms with Crippen LogP contribution in [-0.4, -0.2) is 36.3 Å². The molecule has 158 valence electrons. The van der Waals surface area contributed by atoms with Gasteiger partial charge < -0.3 is 15.8 Å². The van der Waals surface area contributed by atoms with Gasteiger partial charge in [-0.15, -0.1) is 0 Å². The summed E-state index contributed by atoms with van der Waals surface area (Å²) in [5.41, 5.74) is 5.85. The maximum atomic E-state index is 13.2. The van der Waals surface area contributed by atoms with Crippen molar-refractivity contribution in [2.24, 2.45) is 10.7 Å². The molecule has 2 aromatic rings. The van der Waals surface area contributed by atoms with Crippen LogP contribution < -0.4 is 15.8 Å². The predicted octanol–water partition coefficient (Wildman–Crippen LogP) is 3.06. The van der Waals surface area contributed by atoms with Gasteiger partial charge in [-0.2, -0.15) is 8.78 Å². The lowest BCUT2D eigenvalue weighted by Crippen LogP contribution is -2.41. The first-order chi connectivity index (χ1) is 14.3. The summed E-state index contributed by atoms with van der Waals surface area (Å²) in [6.45, 7) is -1.06. The largest absolute Gasteiger partial charge is 0.435 e. The summed E-state index contributed by atoms with van der Waals surface area (Å²) in [6.07, 6.45) is 1.07. The summed E-state index contributed by atoms with van der Waals surface area (Å²) in [7, 11) is 1.50. The Morgan fingerprint density at radius 3 is 2.50 bits per heavy atom. The maximum Gasteiger partial charge on any atom is 0.387 e. The normalized spacial score (nSPS) is 18.5. The second-order valence-electron chi connectivity index (χ2n) is 6.83. The predicted molar refractivity (Wildman–Crippen MR) is 108 cm³/mol. The maximum absolute atomic E-state index is 13.2. The van der Waals surface area contributed by atoms with Crippen LogP contribution in [0.15, 0.2) is 53.5 Å². The Hall–Kier alpha value is -3.49. The first-order valence-corrected chi connectivity index (χ1v) is 9.37. The Morgan fingerprint density at radius 2 is 1.93 bits per heavy atom. The number of alkyl halides is 2. The number of nitrogens with one attached hydrogen (secondary N) is 1. The molecule has 1 aliphatic rings. The Kier molecular flexibility index (Phi) is 6.00. The van der Waals surface area contributed by atoms with Gasteiger partial charge in [-0.1, -0.05) is 31.2 Å². The van der Waals surface area contributed by atoms with Crippen molar-refractivity contribution in [3.05, 3.63) is 59.7 Å². The molecule has 1 aliphatic heterocycles. The molecule has 3 rings (SSSR count). The molecular weight excluding hydrogens is 394 g/mol. The van der Waals surface area contributed by atoms with Gasteiger partial charge in [-0.25, -0.2) is 4.99 Å². The number of benzene rings is 2. The van der Waals surface area contributed by atoms with Crippen molar-refractivity contribution < 1.29 is 23.1 Å². The topological polar surface area (TPSA) is 97.0 Å². The van der Waals surface area contributed by atoms with E-state index in [2.05, 4.69) is 15.0 Å². The third-order valence-electron chi connectivity index (χ3n) is 4.78. The van der Waals surface area contributed by atoms with Gasteiger partial charge in [0.2, 0.25) is 5.91 Å². The van der Waals surface area contributed by atoms with Crippen LogP contribution in [-0.2, 0) is 15.1 Å². The lowest BCUT2D eigenvalue weighted by atomic mass is 9.82. The van der Waals surface area contributed by atoms with Gasteiger partial charge in [-0.05, 0) is 41.8 Å². The van der Waals surface area contributed by atoms with E-state index in [-0.39, 0.29) is 17.6 Å². The number of anilines is 1. The number of hydrogen-bond acceptors (Lipinski definition) is 5. The van der Waals surface area contributed by atoms with Crippen molar-refractivity contribution >= 4 is 23.5 Å². The highest BCUT2D eigenvalue weighted by atomic mass is 19.3. The van der Waals surface area contributed by atoms with Crippen LogP contribution in [0.2, 0.25) is 0 Å². The van der Waals surface area contributed by atoms with Crippen LogP contribution in [0.25, 0.3) is 0 Å². The van der Waals surface area contributed by atoms with Gasteiger partial charge in [-0.3, -0.25) is 14.5 Å². The van der Waals surface area contributed by atoms with E-state index in [1.165, 1.54) is 36.2 Å². The van der Waals surface area contributed by atoms with Gasteiger partial charge in [0.15, 0.2) is 11.5 Å². The number of guanidine groups is 1. The summed E-state index contributed by atoms with van der Waals surface area (Å²) in [5.74, 6) is -0.566. The van der Waals surface area contributed by atoms with Crippen LogP contribution in [0, 0.1) is 0 Å². The lowest BCUT2D eigenvalue weighted by Gasteiger charge is -2.26. The molecule has 1 heterocycles. The number of halogens is 2. The van der Waals surface area contributed by atoms with E-state index in [0.29, 0.717) is 29.7 Å². The molecule has 0 spiro atoms. The number of carbonyl (C=O) groups excluding carboxylic acids is 2. The number of hydrogen-bond donors (Lipinski definition) is 2. The van der Waals surface area contributed by atoms with E-state index in [0.717, 1.165) is 0 Å². The summed E-state index contributed by atoms with van der Waals surface area (Å²) in [5, 5.41) is 2.80. The van der Waals surface area contributed by atoms with E-state index in [1.54, 1.807) is 24.3 Å². The first-order valence-electron chi connectivity index (χ1n) is 9.37. The number of carbonyl (C=O) groups is 2. The molecule has 2 amide bonds. The van der Waals surface area contributed by atoms with Gasteiger partial charge in [0.05, 0.1) is 0 Å². The SMILES string of the molecule is CCCC(=O)Nc1cccc(C2(c3ccc(OC(F)F)cc3)N=C(N)N(C)C2=O)c1. The molecule has 0 fully saturated rings. The fourth-order valence-electron chi connectivity index (χ4n) is 3.33. The van der Waals surface area contributed by atoms with Crippen molar-refractivity contribution in [3.63, 3.8) is 0 Å². The first kappa shape index (κ1) is 21.2. The van der Waals surface area contributed by atoms with Crippen molar-refractivity contribution in [1.29, 1.82) is 0 Å². The van der Waals surface area contributed by atoms with Crippen LogP contribution >= 0.6 is 0 Å². The summed E-state index contributed by atoms with van der Waals surface area (Å²) in [4.78, 5) is 30.9. The minimum absolute atomic E-state index is 0.0216. The molecule has 2 aromatic carbocycles. The number of ether oxygens (including phenoxy) is 1. The summed E-state index contributed by atoms with van der Waals surface area (Å²) < 4.78 is 29.3. The minimum Gasteiger partial charge on any atom is -0.435 e. The van der Waals surface area contributed by atoms with E-state index >= 15 is 0 Å². The zero-order valence-electron chi connectivity index (χ0n) is 16.6. The van der Waals surface area contributed by atoms with Crippen LogP contribution in [0.3, 0.4) is 0 Å². The van der Waals surface area contributed by atoms with Crippen molar-refractivity contribution in [3.8, 4) is 5.75 Å². The highest BCUT2D eigenvalue weighted by Gasteiger charge is 2.49. The van der Waals surface area contributed by atoms with Crippen LogP contribution in [0.5, 0.6) is 5.75 Å². The lowest BCUT2D eigenvalue weighted by molar-refractivity contribution is -0.129. The third kappa shape index (κ3) is 3.96. The number of likely N-dealkylation sites (N-methyl/N-ethyl adjacent to an activating group) is 1. The Labute approximate surface area is 172 Å². The molecule has 1 unspecified atom stereocenters. The molecule has 0 saturated heterocycles. The second kappa shape index (κ2) is 8.48. The Morgan fingerprint density at radius 1 is 1.23 bits per heavy atom. The minimum atomic E-state index is -2.96. The highest BCUT2D eigenvalue weighted by Crippen LogP contribution is 2.40. The Balaban J connectivity index is 2.07. The molecule has 0 radical (unpaired) electrons. The molecule has 0 aromatic heterocycles. The van der Waals surface area contributed by atoms with Crippen molar-refractivity contribution in [1.82, 2.24) is 4.90 Å². The van der Waals surface area contributed by atoms with Gasteiger partial charge >= 0.3 is 6.61 Å². The zero-order chi connectivity index (χ0) is 21.9. The van der Waals surface area contributed by atoms with E-state index in [4.69, 9.17) is 5.73 Å². The van der Waals surface area contributed by atoms with Crippen LogP contribution in [0.4, 0.5) is 14.5 Å². The molecule has 0 bridgehead atoms. The van der Waals surface area contributed by atoms with E-state index in [1.807, 2.05) is 6.92 Å². The molecule has 9 heteroatoms. The number of nitrogens with zero attached hydrogens (tertiary/aromatic N) is 2. The Bertz CT molecular complexity index is 978. The molecule has 30 heavy (non-hydrogen) atoms. The molecule has 3 N–H and O–H groups in total. The summed E-state index contributed by atoms with van der Waals surface area (Å²) in [6, 6.07) is 12.4. The average Bonchev–Trinajstić information content (AvgIpc) is 2.93. The van der Waals surface area contributed by atoms with Gasteiger partial charge in [0, 0.05) is 19.2 Å². The molecule has 7 nitrogen and oxygen atoms in total. The number of rotatable bonds is 7. The fourth-order valence-corrected chi connectivity index (χ4v) is 3.33. The van der Waals surface area contributed by atoms with Crippen molar-refractivity contribution in [2.45, 2.75) is 31.9 Å². The van der Waals surface area contributed by atoms with Gasteiger partial charge in [0.1, 0.15) is 5.75 Å². The number of amides is 2. The zero-order valence-corrected chi connectivity index (χ0v) is 16.6. The fraction of sp³-hybridized carbons (Fsp3) is 0.286. The van der Waals surface area contributed by atoms with E-state index < -0.39 is 18.1 Å². The number of aliphatic imine (C=N–C) groups is 1. The average molecular weight is 416 g/mol. The van der Waals surface area contributed by atoms with Crippen molar-refractivity contribution in [2.75, 3.05) is 12.4 Å². The van der Waals surface area contributed by atoms with Gasteiger partial charge in [0.25, 0.3) is 5.91 Å². The number of nitrogens with two attached hydrogens (primary N) is 1. The molecule has 0 aliphatic carbocycles.